The van der Waals surface area contributed by atoms with E-state index in [-0.39, 0.29) is 6.61 Å². The van der Waals surface area contributed by atoms with Crippen molar-refractivity contribution in [1.29, 1.82) is 0 Å². The van der Waals surface area contributed by atoms with E-state index < -0.39 is 5.60 Å². The molecule has 0 radical (unpaired) electrons. The highest BCUT2D eigenvalue weighted by molar-refractivity contribution is 5.36. The third-order valence-corrected chi connectivity index (χ3v) is 4.36. The highest BCUT2D eigenvalue weighted by Crippen LogP contribution is 2.25. The van der Waals surface area contributed by atoms with Crippen LogP contribution in [-0.4, -0.2) is 54.6 Å². The first-order valence-electron chi connectivity index (χ1n) is 7.80. The first-order chi connectivity index (χ1) is 10.6. The fourth-order valence-electron chi connectivity index (χ4n) is 3.01. The molecule has 5 heteroatoms. The molecule has 124 valence electrons. The molecule has 0 bridgehead atoms. The van der Waals surface area contributed by atoms with Crippen LogP contribution in [0.15, 0.2) is 18.2 Å². The summed E-state index contributed by atoms with van der Waals surface area (Å²) >= 11 is 0. The van der Waals surface area contributed by atoms with Crippen LogP contribution in [0.4, 0.5) is 0 Å². The summed E-state index contributed by atoms with van der Waals surface area (Å²) in [5.41, 5.74) is 1.35. The molecule has 2 rings (SSSR count). The van der Waals surface area contributed by atoms with Crippen LogP contribution in [0.25, 0.3) is 0 Å². The molecule has 0 aliphatic carbocycles. The van der Waals surface area contributed by atoms with Gasteiger partial charge in [-0.3, -0.25) is 4.90 Å². The molecule has 1 aliphatic rings. The minimum Gasteiger partial charge on any atom is -0.496 e. The third-order valence-electron chi connectivity index (χ3n) is 4.36. The van der Waals surface area contributed by atoms with Crippen molar-refractivity contribution in [3.05, 3.63) is 29.3 Å². The van der Waals surface area contributed by atoms with E-state index >= 15 is 0 Å². The van der Waals surface area contributed by atoms with Gasteiger partial charge in [0.25, 0.3) is 0 Å². The second kappa shape index (κ2) is 7.92. The molecule has 0 amide bonds. The number of hydrogen-bond donors (Lipinski definition) is 2. The van der Waals surface area contributed by atoms with Crippen LogP contribution in [0, 0.1) is 0 Å². The maximum atomic E-state index is 10.2. The minimum atomic E-state index is -0.907. The summed E-state index contributed by atoms with van der Waals surface area (Å²) in [7, 11) is 3.34. The number of rotatable bonds is 6. The maximum Gasteiger partial charge on any atom is 0.124 e. The number of nitrogens with zero attached hydrogens (tertiary/aromatic N) is 1. The van der Waals surface area contributed by atoms with E-state index in [1.54, 1.807) is 14.2 Å². The molecule has 0 aromatic heterocycles. The van der Waals surface area contributed by atoms with Gasteiger partial charge in [0.1, 0.15) is 5.75 Å². The Morgan fingerprint density at radius 1 is 1.23 bits per heavy atom. The SMILES string of the molecule is COCc1cc(CN2CCCC(O)(CO)CC2)ccc1OC. The maximum absolute atomic E-state index is 10.2. The zero-order valence-corrected chi connectivity index (χ0v) is 13.5. The van der Waals surface area contributed by atoms with E-state index in [1.165, 1.54) is 5.56 Å². The van der Waals surface area contributed by atoms with Crippen molar-refractivity contribution in [3.8, 4) is 5.75 Å². The van der Waals surface area contributed by atoms with Crippen molar-refractivity contribution in [2.75, 3.05) is 33.9 Å². The van der Waals surface area contributed by atoms with E-state index in [4.69, 9.17) is 9.47 Å². The van der Waals surface area contributed by atoms with Gasteiger partial charge in [-0.05, 0) is 43.5 Å². The van der Waals surface area contributed by atoms with Gasteiger partial charge in [0.2, 0.25) is 0 Å². The van der Waals surface area contributed by atoms with E-state index in [2.05, 4.69) is 17.0 Å². The van der Waals surface area contributed by atoms with E-state index in [0.717, 1.165) is 37.4 Å². The molecule has 5 nitrogen and oxygen atoms in total. The Morgan fingerprint density at radius 3 is 2.73 bits per heavy atom. The van der Waals surface area contributed by atoms with E-state index in [1.807, 2.05) is 6.07 Å². The number of methoxy groups -OCH3 is 2. The Labute approximate surface area is 132 Å². The number of benzene rings is 1. The van der Waals surface area contributed by atoms with Crippen molar-refractivity contribution >= 4 is 0 Å². The lowest BCUT2D eigenvalue weighted by Crippen LogP contribution is -2.34. The zero-order chi connectivity index (χ0) is 16.0. The first-order valence-corrected chi connectivity index (χ1v) is 7.80. The predicted molar refractivity (Wildman–Crippen MR) is 84.9 cm³/mol. The van der Waals surface area contributed by atoms with Crippen LogP contribution >= 0.6 is 0 Å². The zero-order valence-electron chi connectivity index (χ0n) is 13.5. The molecule has 0 saturated carbocycles. The second-order valence-electron chi connectivity index (χ2n) is 6.09. The Kier molecular flexibility index (Phi) is 6.20. The summed E-state index contributed by atoms with van der Waals surface area (Å²) in [6, 6.07) is 6.16. The van der Waals surface area contributed by atoms with E-state index in [9.17, 15) is 10.2 Å². The largest absolute Gasteiger partial charge is 0.496 e. The number of hydrogen-bond acceptors (Lipinski definition) is 5. The van der Waals surface area contributed by atoms with Gasteiger partial charge in [-0.25, -0.2) is 0 Å². The summed E-state index contributed by atoms with van der Waals surface area (Å²) in [6.45, 7) is 2.95. The van der Waals surface area contributed by atoms with E-state index in [0.29, 0.717) is 19.4 Å². The summed E-state index contributed by atoms with van der Waals surface area (Å²) in [6.07, 6.45) is 2.18. The average Bonchev–Trinajstić information content (AvgIpc) is 2.71. The lowest BCUT2D eigenvalue weighted by molar-refractivity contribution is -0.0255. The molecule has 1 unspecified atom stereocenters. The van der Waals surface area contributed by atoms with Gasteiger partial charge in [0.15, 0.2) is 0 Å². The van der Waals surface area contributed by atoms with Crippen LogP contribution in [0.2, 0.25) is 0 Å². The highest BCUT2D eigenvalue weighted by Gasteiger charge is 2.29. The normalized spacial score (nSPS) is 23.3. The number of ether oxygens (including phenoxy) is 2. The van der Waals surface area contributed by atoms with Crippen LogP contribution in [0.3, 0.4) is 0 Å². The smallest absolute Gasteiger partial charge is 0.124 e. The topological polar surface area (TPSA) is 62.2 Å². The number of aliphatic hydroxyl groups is 2. The highest BCUT2D eigenvalue weighted by atomic mass is 16.5. The van der Waals surface area contributed by atoms with Gasteiger partial charge >= 0.3 is 0 Å². The molecule has 1 aromatic rings. The molecule has 0 spiro atoms. The van der Waals surface area contributed by atoms with Crippen molar-refractivity contribution in [2.24, 2.45) is 0 Å². The molecule has 2 N–H and O–H groups in total. The fourth-order valence-corrected chi connectivity index (χ4v) is 3.01. The molecule has 22 heavy (non-hydrogen) atoms. The number of aliphatic hydroxyl groups excluding tert-OH is 1. The quantitative estimate of drug-likeness (QED) is 0.835. The Morgan fingerprint density at radius 2 is 2.05 bits per heavy atom. The van der Waals surface area contributed by atoms with Gasteiger partial charge in [0.05, 0.1) is 25.9 Å². The Balaban J connectivity index is 2.02. The van der Waals surface area contributed by atoms with Crippen LogP contribution in [0.1, 0.15) is 30.4 Å². The lowest BCUT2D eigenvalue weighted by atomic mass is 9.96. The minimum absolute atomic E-state index is 0.151. The average molecular weight is 309 g/mol. The molecule has 1 atom stereocenters. The Hall–Kier alpha value is -1.14. The van der Waals surface area contributed by atoms with Gasteiger partial charge in [-0.1, -0.05) is 6.07 Å². The lowest BCUT2D eigenvalue weighted by Gasteiger charge is -2.24. The molecular formula is C17H27NO4. The van der Waals surface area contributed by atoms with Crippen LogP contribution < -0.4 is 4.74 Å². The van der Waals surface area contributed by atoms with Crippen molar-refractivity contribution in [1.82, 2.24) is 4.90 Å². The second-order valence-corrected chi connectivity index (χ2v) is 6.09. The molecular weight excluding hydrogens is 282 g/mol. The molecule has 1 aliphatic heterocycles. The third kappa shape index (κ3) is 4.43. The van der Waals surface area contributed by atoms with Gasteiger partial charge in [-0.15, -0.1) is 0 Å². The summed E-state index contributed by atoms with van der Waals surface area (Å²) in [4.78, 5) is 2.33. The fraction of sp³-hybridized carbons (Fsp3) is 0.647. The predicted octanol–water partition coefficient (Wildman–Crippen LogP) is 1.55. The van der Waals surface area contributed by atoms with Crippen molar-refractivity contribution in [2.45, 2.75) is 38.0 Å². The molecule has 1 fully saturated rings. The van der Waals surface area contributed by atoms with Gasteiger partial charge in [0, 0.05) is 25.8 Å². The van der Waals surface area contributed by atoms with Gasteiger partial charge < -0.3 is 19.7 Å². The monoisotopic (exact) mass is 309 g/mol. The number of likely N-dealkylation sites (tertiary alicyclic amines) is 1. The van der Waals surface area contributed by atoms with Crippen molar-refractivity contribution < 1.29 is 19.7 Å². The van der Waals surface area contributed by atoms with Crippen molar-refractivity contribution in [3.63, 3.8) is 0 Å². The first kappa shape index (κ1) is 17.2. The summed E-state index contributed by atoms with van der Waals surface area (Å²) < 4.78 is 10.6. The Bertz CT molecular complexity index is 480. The molecule has 1 heterocycles. The molecule has 1 aromatic carbocycles. The van der Waals surface area contributed by atoms with Crippen LogP contribution in [0.5, 0.6) is 5.75 Å². The standard InChI is InChI=1S/C17H27NO4/c1-21-12-15-10-14(4-5-16(15)22-2)11-18-8-3-6-17(20,13-19)7-9-18/h4-5,10,19-20H,3,6-9,11-13H2,1-2H3. The summed E-state index contributed by atoms with van der Waals surface area (Å²) in [5, 5.41) is 19.5. The van der Waals surface area contributed by atoms with Crippen LogP contribution in [-0.2, 0) is 17.9 Å². The summed E-state index contributed by atoms with van der Waals surface area (Å²) in [5.74, 6) is 0.844. The molecule has 1 saturated heterocycles. The van der Waals surface area contributed by atoms with Gasteiger partial charge in [-0.2, -0.15) is 0 Å².